The number of carbonyl (C=O) groups is 1. The van der Waals surface area contributed by atoms with Gasteiger partial charge in [0.2, 0.25) is 5.91 Å². The molecule has 2 bridgehead atoms. The summed E-state index contributed by atoms with van der Waals surface area (Å²) in [4.78, 5) is 18.5. The summed E-state index contributed by atoms with van der Waals surface area (Å²) in [6.45, 7) is 4.41. The van der Waals surface area contributed by atoms with Crippen LogP contribution in [0.15, 0.2) is 5.38 Å². The van der Waals surface area contributed by atoms with E-state index in [9.17, 15) is 4.79 Å². The highest BCUT2D eigenvalue weighted by Gasteiger charge is 2.29. The van der Waals surface area contributed by atoms with Crippen molar-refractivity contribution in [2.75, 3.05) is 25.0 Å². The van der Waals surface area contributed by atoms with Crippen LogP contribution < -0.4 is 10.6 Å². The van der Waals surface area contributed by atoms with Gasteiger partial charge in [0.15, 0.2) is 5.13 Å². The van der Waals surface area contributed by atoms with Crippen LogP contribution in [-0.2, 0) is 4.79 Å². The van der Waals surface area contributed by atoms with Crippen LogP contribution in [0.25, 0.3) is 0 Å². The fraction of sp³-hybridized carbons (Fsp3) is 0.692. The molecule has 1 amide bonds. The highest BCUT2D eigenvalue weighted by atomic mass is 32.1. The van der Waals surface area contributed by atoms with E-state index in [1.807, 2.05) is 12.3 Å². The number of aromatic nitrogens is 1. The van der Waals surface area contributed by atoms with Crippen LogP contribution in [-0.4, -0.2) is 47.5 Å². The van der Waals surface area contributed by atoms with Crippen molar-refractivity contribution in [3.63, 3.8) is 0 Å². The molecular formula is C13H20N4OS. The number of amides is 1. The van der Waals surface area contributed by atoms with E-state index < -0.39 is 0 Å². The molecule has 6 heteroatoms. The number of carbonyl (C=O) groups excluding carboxylic acids is 1. The Kier molecular flexibility index (Phi) is 3.81. The standard InChI is InChI=1S/C13H20N4OS/c1-9-8-19-13(14-9)16-12(18)7-17-5-4-10-2-3-11(6-17)15-10/h8,10-11,15H,2-7H2,1H3,(H,14,16,18). The van der Waals surface area contributed by atoms with Crippen LogP contribution in [0, 0.1) is 6.92 Å². The molecule has 3 heterocycles. The molecule has 2 fully saturated rings. The van der Waals surface area contributed by atoms with E-state index >= 15 is 0 Å². The quantitative estimate of drug-likeness (QED) is 0.874. The van der Waals surface area contributed by atoms with Crippen LogP contribution in [0.1, 0.15) is 25.0 Å². The topological polar surface area (TPSA) is 57.3 Å². The van der Waals surface area contributed by atoms with Crippen molar-refractivity contribution in [1.29, 1.82) is 0 Å². The highest BCUT2D eigenvalue weighted by Crippen LogP contribution is 2.20. The summed E-state index contributed by atoms with van der Waals surface area (Å²) < 4.78 is 0. The maximum Gasteiger partial charge on any atom is 0.240 e. The van der Waals surface area contributed by atoms with Crippen molar-refractivity contribution < 1.29 is 4.79 Å². The van der Waals surface area contributed by atoms with Gasteiger partial charge in [-0.05, 0) is 26.2 Å². The number of hydrogen-bond acceptors (Lipinski definition) is 5. The van der Waals surface area contributed by atoms with E-state index in [1.165, 1.54) is 24.2 Å². The second-order valence-corrected chi connectivity index (χ2v) is 6.36. The molecule has 2 aliphatic heterocycles. The minimum atomic E-state index is 0.0483. The van der Waals surface area contributed by atoms with Gasteiger partial charge in [0.25, 0.3) is 0 Å². The summed E-state index contributed by atoms with van der Waals surface area (Å²) >= 11 is 1.48. The Labute approximate surface area is 117 Å². The fourth-order valence-electron chi connectivity index (χ4n) is 2.93. The number of likely N-dealkylation sites (tertiary alicyclic amines) is 1. The van der Waals surface area contributed by atoms with Crippen molar-refractivity contribution in [2.45, 2.75) is 38.3 Å². The molecule has 1 aromatic rings. The zero-order chi connectivity index (χ0) is 13.2. The van der Waals surface area contributed by atoms with Gasteiger partial charge in [-0.3, -0.25) is 9.69 Å². The highest BCUT2D eigenvalue weighted by molar-refractivity contribution is 7.13. The molecule has 5 nitrogen and oxygen atoms in total. The van der Waals surface area contributed by atoms with E-state index in [4.69, 9.17) is 0 Å². The predicted octanol–water partition coefficient (Wildman–Crippen LogP) is 1.22. The molecule has 2 unspecified atom stereocenters. The van der Waals surface area contributed by atoms with Crippen LogP contribution in [0.4, 0.5) is 5.13 Å². The molecule has 0 aliphatic carbocycles. The first kappa shape index (κ1) is 13.0. The summed E-state index contributed by atoms with van der Waals surface area (Å²) in [6, 6.07) is 1.24. The summed E-state index contributed by atoms with van der Waals surface area (Å²) in [6.07, 6.45) is 3.69. The predicted molar refractivity (Wildman–Crippen MR) is 76.5 cm³/mol. The van der Waals surface area contributed by atoms with Gasteiger partial charge in [0.1, 0.15) is 0 Å². The average molecular weight is 280 g/mol. The van der Waals surface area contributed by atoms with Gasteiger partial charge in [-0.1, -0.05) is 0 Å². The lowest BCUT2D eigenvalue weighted by atomic mass is 10.1. The van der Waals surface area contributed by atoms with E-state index in [1.54, 1.807) is 0 Å². The normalized spacial score (nSPS) is 27.2. The lowest BCUT2D eigenvalue weighted by Crippen LogP contribution is -2.39. The average Bonchev–Trinajstić information content (AvgIpc) is 2.89. The number of nitrogens with one attached hydrogen (secondary N) is 2. The third-order valence-electron chi connectivity index (χ3n) is 3.84. The molecule has 0 aromatic carbocycles. The Balaban J connectivity index is 1.51. The van der Waals surface area contributed by atoms with Crippen molar-refractivity contribution >= 4 is 22.4 Å². The molecule has 0 radical (unpaired) electrons. The summed E-state index contributed by atoms with van der Waals surface area (Å²) in [5.74, 6) is 0.0483. The summed E-state index contributed by atoms with van der Waals surface area (Å²) in [5.41, 5.74) is 0.955. The van der Waals surface area contributed by atoms with E-state index in [2.05, 4.69) is 20.5 Å². The van der Waals surface area contributed by atoms with Gasteiger partial charge < -0.3 is 10.6 Å². The molecule has 19 heavy (non-hydrogen) atoms. The zero-order valence-corrected chi connectivity index (χ0v) is 12.0. The van der Waals surface area contributed by atoms with Gasteiger partial charge in [-0.25, -0.2) is 4.98 Å². The number of hydrogen-bond donors (Lipinski definition) is 2. The SMILES string of the molecule is Cc1csc(NC(=O)CN2CCC3CCC(C2)N3)n1. The third-order valence-corrected chi connectivity index (χ3v) is 4.72. The molecule has 1 aromatic heterocycles. The minimum Gasteiger partial charge on any atom is -0.310 e. The second kappa shape index (κ2) is 5.56. The molecule has 3 rings (SSSR count). The number of rotatable bonds is 3. The first-order chi connectivity index (χ1) is 9.19. The summed E-state index contributed by atoms with van der Waals surface area (Å²) in [5, 5.41) is 9.16. The van der Waals surface area contributed by atoms with Crippen LogP contribution >= 0.6 is 11.3 Å². The number of nitrogens with zero attached hydrogens (tertiary/aromatic N) is 2. The Morgan fingerprint density at radius 1 is 1.53 bits per heavy atom. The largest absolute Gasteiger partial charge is 0.310 e. The smallest absolute Gasteiger partial charge is 0.240 e. The van der Waals surface area contributed by atoms with E-state index in [0.29, 0.717) is 23.8 Å². The Bertz CT molecular complexity index is 461. The first-order valence-corrected chi connectivity index (χ1v) is 7.77. The lowest BCUT2D eigenvalue weighted by Gasteiger charge is -2.22. The molecule has 2 aliphatic rings. The number of aryl methyl sites for hydroxylation is 1. The van der Waals surface area contributed by atoms with Gasteiger partial charge in [-0.15, -0.1) is 11.3 Å². The maximum absolute atomic E-state index is 12.0. The molecule has 0 spiro atoms. The fourth-order valence-corrected chi connectivity index (χ4v) is 3.64. The van der Waals surface area contributed by atoms with Crippen LogP contribution in [0.2, 0.25) is 0 Å². The summed E-state index contributed by atoms with van der Waals surface area (Å²) in [7, 11) is 0. The van der Waals surface area contributed by atoms with Crippen molar-refractivity contribution in [2.24, 2.45) is 0 Å². The molecule has 2 saturated heterocycles. The lowest BCUT2D eigenvalue weighted by molar-refractivity contribution is -0.117. The van der Waals surface area contributed by atoms with Crippen molar-refractivity contribution in [3.05, 3.63) is 11.1 Å². The Hall–Kier alpha value is -0.980. The maximum atomic E-state index is 12.0. The Morgan fingerprint density at radius 3 is 3.16 bits per heavy atom. The number of thiazole rings is 1. The van der Waals surface area contributed by atoms with Crippen LogP contribution in [0.5, 0.6) is 0 Å². The number of fused-ring (bicyclic) bond motifs is 2. The molecule has 104 valence electrons. The van der Waals surface area contributed by atoms with Gasteiger partial charge in [-0.2, -0.15) is 0 Å². The third kappa shape index (κ3) is 3.32. The van der Waals surface area contributed by atoms with Gasteiger partial charge in [0, 0.05) is 30.6 Å². The molecule has 2 atom stereocenters. The molecule has 0 saturated carbocycles. The number of anilines is 1. The minimum absolute atomic E-state index is 0.0483. The van der Waals surface area contributed by atoms with Crippen molar-refractivity contribution in [3.8, 4) is 0 Å². The first-order valence-electron chi connectivity index (χ1n) is 6.89. The van der Waals surface area contributed by atoms with Crippen molar-refractivity contribution in [1.82, 2.24) is 15.2 Å². The molecular weight excluding hydrogens is 260 g/mol. The second-order valence-electron chi connectivity index (χ2n) is 5.50. The zero-order valence-electron chi connectivity index (χ0n) is 11.2. The molecule has 2 N–H and O–H groups in total. The van der Waals surface area contributed by atoms with Crippen LogP contribution in [0.3, 0.4) is 0 Å². The van der Waals surface area contributed by atoms with E-state index in [0.717, 1.165) is 25.2 Å². The monoisotopic (exact) mass is 280 g/mol. The van der Waals surface area contributed by atoms with E-state index in [-0.39, 0.29) is 5.91 Å². The Morgan fingerprint density at radius 2 is 2.37 bits per heavy atom. The van der Waals surface area contributed by atoms with Gasteiger partial charge >= 0.3 is 0 Å². The van der Waals surface area contributed by atoms with Gasteiger partial charge in [0.05, 0.1) is 12.2 Å².